The lowest BCUT2D eigenvalue weighted by atomic mass is 9.92. The fourth-order valence-corrected chi connectivity index (χ4v) is 3.90. The topological polar surface area (TPSA) is 69.6 Å². The number of carbonyl (C=O) groups excluding carboxylic acids is 1. The quantitative estimate of drug-likeness (QED) is 0.816. The van der Waals surface area contributed by atoms with Gasteiger partial charge in [-0.25, -0.2) is 9.59 Å². The molecule has 0 radical (unpaired) electrons. The van der Waals surface area contributed by atoms with E-state index in [4.69, 9.17) is 0 Å². The molecule has 0 bridgehead atoms. The third-order valence-corrected chi connectivity index (χ3v) is 5.10. The number of nitrogens with one attached hydrogen (secondary N) is 1. The fraction of sp³-hybridized carbons (Fsp3) is 0.857. The second-order valence-electron chi connectivity index (χ2n) is 5.72. The van der Waals surface area contributed by atoms with Crippen LogP contribution in [0.25, 0.3) is 0 Å². The first-order valence-electron chi connectivity index (χ1n) is 7.42. The molecule has 0 aromatic heterocycles. The van der Waals surface area contributed by atoms with Crippen LogP contribution in [-0.4, -0.2) is 52.6 Å². The lowest BCUT2D eigenvalue weighted by Crippen LogP contribution is -2.54. The van der Waals surface area contributed by atoms with Crippen molar-refractivity contribution in [2.45, 2.75) is 50.6 Å². The molecule has 0 aromatic carbocycles. The maximum atomic E-state index is 12.4. The number of thioether (sulfide) groups is 1. The van der Waals surface area contributed by atoms with Gasteiger partial charge in [0.1, 0.15) is 6.04 Å². The highest BCUT2D eigenvalue weighted by molar-refractivity contribution is 7.98. The van der Waals surface area contributed by atoms with Gasteiger partial charge in [0.15, 0.2) is 0 Å². The molecule has 1 aliphatic heterocycles. The molecule has 2 amide bonds. The van der Waals surface area contributed by atoms with Crippen LogP contribution >= 0.6 is 11.8 Å². The molecule has 114 valence electrons. The van der Waals surface area contributed by atoms with E-state index in [0.717, 1.165) is 25.1 Å². The number of piperidine rings is 1. The maximum Gasteiger partial charge on any atom is 0.326 e. The molecule has 3 unspecified atom stereocenters. The highest BCUT2D eigenvalue weighted by Crippen LogP contribution is 2.36. The van der Waals surface area contributed by atoms with Crippen LogP contribution in [0.2, 0.25) is 0 Å². The summed E-state index contributed by atoms with van der Waals surface area (Å²) in [4.78, 5) is 25.5. The van der Waals surface area contributed by atoms with Gasteiger partial charge < -0.3 is 15.3 Å². The first-order chi connectivity index (χ1) is 9.63. The highest BCUT2D eigenvalue weighted by atomic mass is 32.2. The van der Waals surface area contributed by atoms with Gasteiger partial charge >= 0.3 is 12.0 Å². The minimum atomic E-state index is -0.938. The van der Waals surface area contributed by atoms with Crippen molar-refractivity contribution in [1.29, 1.82) is 0 Å². The molecule has 1 saturated carbocycles. The predicted molar refractivity (Wildman–Crippen MR) is 80.0 cm³/mol. The zero-order valence-electron chi connectivity index (χ0n) is 12.0. The van der Waals surface area contributed by atoms with Crippen molar-refractivity contribution in [2.75, 3.05) is 18.6 Å². The summed E-state index contributed by atoms with van der Waals surface area (Å²) in [6.07, 6.45) is 8.14. The number of hydrogen-bond donors (Lipinski definition) is 2. The second kappa shape index (κ2) is 7.20. The van der Waals surface area contributed by atoms with Crippen LogP contribution in [0.15, 0.2) is 0 Å². The Morgan fingerprint density at radius 2 is 2.10 bits per heavy atom. The molecule has 0 spiro atoms. The third-order valence-electron chi connectivity index (χ3n) is 4.46. The molecular weight excluding hydrogens is 276 g/mol. The van der Waals surface area contributed by atoms with Crippen molar-refractivity contribution in [1.82, 2.24) is 10.2 Å². The molecule has 2 N–H and O–H groups in total. The lowest BCUT2D eigenvalue weighted by Gasteiger charge is -2.38. The van der Waals surface area contributed by atoms with E-state index in [1.807, 2.05) is 11.2 Å². The Labute approximate surface area is 124 Å². The van der Waals surface area contributed by atoms with Gasteiger partial charge in [0.25, 0.3) is 0 Å². The number of hydrogen-bond acceptors (Lipinski definition) is 3. The number of rotatable bonds is 5. The van der Waals surface area contributed by atoms with Gasteiger partial charge in [-0.05, 0) is 50.0 Å². The van der Waals surface area contributed by atoms with E-state index >= 15 is 0 Å². The van der Waals surface area contributed by atoms with Crippen LogP contribution in [-0.2, 0) is 4.79 Å². The summed E-state index contributed by atoms with van der Waals surface area (Å²) in [5.41, 5.74) is 0. The Morgan fingerprint density at radius 1 is 1.35 bits per heavy atom. The Morgan fingerprint density at radius 3 is 2.80 bits per heavy atom. The molecule has 6 heteroatoms. The van der Waals surface area contributed by atoms with E-state index in [1.54, 1.807) is 11.8 Å². The molecule has 1 aliphatic carbocycles. The number of carbonyl (C=O) groups is 2. The summed E-state index contributed by atoms with van der Waals surface area (Å²) in [5, 5.41) is 11.9. The summed E-state index contributed by atoms with van der Waals surface area (Å²) in [6, 6.07) is -0.620. The van der Waals surface area contributed by atoms with Crippen molar-refractivity contribution in [2.24, 2.45) is 5.92 Å². The normalized spacial score (nSPS) is 26.9. The van der Waals surface area contributed by atoms with Crippen molar-refractivity contribution in [3.05, 3.63) is 0 Å². The molecular formula is C14H24N2O3S. The smallest absolute Gasteiger partial charge is 0.326 e. The molecule has 2 rings (SSSR count). The molecule has 2 aliphatic rings. The molecule has 5 nitrogen and oxygen atoms in total. The molecule has 3 atom stereocenters. The minimum Gasteiger partial charge on any atom is -0.480 e. The number of fused-ring (bicyclic) bond motifs is 1. The van der Waals surface area contributed by atoms with E-state index in [0.29, 0.717) is 18.4 Å². The van der Waals surface area contributed by atoms with Crippen LogP contribution in [0, 0.1) is 5.92 Å². The summed E-state index contributed by atoms with van der Waals surface area (Å²) in [6.45, 7) is 0.766. The maximum absolute atomic E-state index is 12.4. The molecule has 1 saturated heterocycles. The summed E-state index contributed by atoms with van der Waals surface area (Å²) in [5.74, 6) is 0.430. The van der Waals surface area contributed by atoms with Crippen LogP contribution in [0.1, 0.15) is 38.5 Å². The summed E-state index contributed by atoms with van der Waals surface area (Å²) in [7, 11) is 0. The van der Waals surface area contributed by atoms with Gasteiger partial charge in [0.2, 0.25) is 0 Å². The molecule has 2 fully saturated rings. The summed E-state index contributed by atoms with van der Waals surface area (Å²) >= 11 is 1.60. The highest BCUT2D eigenvalue weighted by Gasteiger charge is 2.38. The number of carboxylic acid groups (broad SMARTS) is 1. The number of aliphatic carboxylic acids is 1. The number of urea groups is 1. The standard InChI is InChI=1S/C14H24N2O3S/c1-20-9-7-11(13(17)18)15-14(19)16-8-3-5-10-4-2-6-12(10)16/h10-12H,2-9H2,1H3,(H,15,19)(H,17,18). The van der Waals surface area contributed by atoms with Crippen LogP contribution in [0.3, 0.4) is 0 Å². The van der Waals surface area contributed by atoms with E-state index in [-0.39, 0.29) is 6.03 Å². The van der Waals surface area contributed by atoms with Gasteiger partial charge in [-0.2, -0.15) is 11.8 Å². The average Bonchev–Trinajstić information content (AvgIpc) is 2.90. The van der Waals surface area contributed by atoms with Crippen molar-refractivity contribution in [3.8, 4) is 0 Å². The monoisotopic (exact) mass is 300 g/mol. The molecule has 0 aromatic rings. The second-order valence-corrected chi connectivity index (χ2v) is 6.70. The van der Waals surface area contributed by atoms with Crippen LogP contribution < -0.4 is 5.32 Å². The lowest BCUT2D eigenvalue weighted by molar-refractivity contribution is -0.139. The number of carboxylic acids is 1. The SMILES string of the molecule is CSCCC(NC(=O)N1CCCC2CCCC21)C(=O)O. The zero-order valence-corrected chi connectivity index (χ0v) is 12.8. The van der Waals surface area contributed by atoms with Gasteiger partial charge in [0, 0.05) is 12.6 Å². The average molecular weight is 300 g/mol. The molecule has 1 heterocycles. The number of likely N-dealkylation sites (tertiary alicyclic amines) is 1. The Kier molecular flexibility index (Phi) is 5.57. The number of amides is 2. The predicted octanol–water partition coefficient (Wildman–Crippen LogP) is 2.17. The van der Waals surface area contributed by atoms with E-state index in [1.165, 1.54) is 19.3 Å². The van der Waals surface area contributed by atoms with E-state index < -0.39 is 12.0 Å². The first-order valence-corrected chi connectivity index (χ1v) is 8.81. The zero-order chi connectivity index (χ0) is 14.5. The Bertz CT molecular complexity index is 364. The van der Waals surface area contributed by atoms with Gasteiger partial charge in [-0.15, -0.1) is 0 Å². The van der Waals surface area contributed by atoms with Gasteiger partial charge in [-0.1, -0.05) is 6.42 Å². The number of nitrogens with zero attached hydrogens (tertiary/aromatic N) is 1. The van der Waals surface area contributed by atoms with Crippen LogP contribution in [0.5, 0.6) is 0 Å². The van der Waals surface area contributed by atoms with Gasteiger partial charge in [0.05, 0.1) is 0 Å². The Hall–Kier alpha value is -0.910. The van der Waals surface area contributed by atoms with Crippen molar-refractivity contribution < 1.29 is 14.7 Å². The summed E-state index contributed by atoms with van der Waals surface area (Å²) < 4.78 is 0. The third kappa shape index (κ3) is 3.59. The molecule has 20 heavy (non-hydrogen) atoms. The largest absolute Gasteiger partial charge is 0.480 e. The van der Waals surface area contributed by atoms with Crippen molar-refractivity contribution >= 4 is 23.8 Å². The first kappa shape index (κ1) is 15.5. The minimum absolute atomic E-state index is 0.185. The van der Waals surface area contributed by atoms with E-state index in [2.05, 4.69) is 5.32 Å². The van der Waals surface area contributed by atoms with Crippen molar-refractivity contribution in [3.63, 3.8) is 0 Å². The Balaban J connectivity index is 1.93. The fourth-order valence-electron chi connectivity index (χ4n) is 3.43. The van der Waals surface area contributed by atoms with Crippen LogP contribution in [0.4, 0.5) is 4.79 Å². The van der Waals surface area contributed by atoms with Gasteiger partial charge in [-0.3, -0.25) is 0 Å². The van der Waals surface area contributed by atoms with E-state index in [9.17, 15) is 14.7 Å².